The first kappa shape index (κ1) is 10.1. The summed E-state index contributed by atoms with van der Waals surface area (Å²) in [6, 6.07) is 6.47. The summed E-state index contributed by atoms with van der Waals surface area (Å²) in [4.78, 5) is 0. The summed E-state index contributed by atoms with van der Waals surface area (Å²) in [5.41, 5.74) is 1.04. The zero-order valence-corrected chi connectivity index (χ0v) is 9.52. The predicted molar refractivity (Wildman–Crippen MR) is 61.9 cm³/mol. The quantitative estimate of drug-likeness (QED) is 0.745. The third-order valence-electron chi connectivity index (χ3n) is 1.35. The molecule has 0 saturated carbocycles. The van der Waals surface area contributed by atoms with Gasteiger partial charge in [0.2, 0.25) is 0 Å². The van der Waals surface area contributed by atoms with Crippen molar-refractivity contribution in [1.82, 2.24) is 0 Å². The number of hydrogen-bond donors (Lipinski definition) is 0. The van der Waals surface area contributed by atoms with Gasteiger partial charge in [-0.2, -0.15) is 0 Å². The Labute approximate surface area is 89.4 Å². The number of thioether (sulfide) groups is 1. The fourth-order valence-electron chi connectivity index (χ4n) is 0.749. The van der Waals surface area contributed by atoms with Gasteiger partial charge in [0.05, 0.1) is 0 Å². The van der Waals surface area contributed by atoms with Crippen molar-refractivity contribution in [2.75, 3.05) is 6.26 Å². The molecule has 1 rings (SSSR count). The molecule has 64 valence electrons. The van der Waals surface area contributed by atoms with Crippen LogP contribution in [-0.4, -0.2) is 6.26 Å². The van der Waals surface area contributed by atoms with Crippen LogP contribution in [0.15, 0.2) is 27.2 Å². The van der Waals surface area contributed by atoms with Gasteiger partial charge >= 0.3 is 0 Å². The Morgan fingerprint density at radius 3 is 2.50 bits per heavy atom. The Morgan fingerprint density at radius 1 is 1.42 bits per heavy atom. The molecule has 0 heterocycles. The number of hydrogen-bond acceptors (Lipinski definition) is 1. The van der Waals surface area contributed by atoms with E-state index in [1.165, 1.54) is 15.0 Å². The van der Waals surface area contributed by atoms with Crippen molar-refractivity contribution in [3.63, 3.8) is 0 Å². The van der Waals surface area contributed by atoms with Crippen LogP contribution in [0.1, 0.15) is 5.56 Å². The number of rotatable bonds is 2. The first-order valence-corrected chi connectivity index (χ1v) is 5.69. The van der Waals surface area contributed by atoms with Gasteiger partial charge in [-0.1, -0.05) is 12.1 Å². The van der Waals surface area contributed by atoms with Crippen molar-refractivity contribution in [3.8, 4) is 0 Å². The van der Waals surface area contributed by atoms with Crippen molar-refractivity contribution >= 4 is 40.4 Å². The minimum atomic E-state index is -0.189. The van der Waals surface area contributed by atoms with Gasteiger partial charge in [0.15, 0.2) is 0 Å². The van der Waals surface area contributed by atoms with Gasteiger partial charge in [-0.3, -0.25) is 0 Å². The lowest BCUT2D eigenvalue weighted by atomic mass is 10.2. The smallest absolute Gasteiger partial charge is 0.123 e. The van der Waals surface area contributed by atoms with Gasteiger partial charge in [-0.15, -0.1) is 11.8 Å². The van der Waals surface area contributed by atoms with E-state index in [-0.39, 0.29) is 5.82 Å². The molecule has 3 heteroatoms. The lowest BCUT2D eigenvalue weighted by Gasteiger charge is -1.94. The largest absolute Gasteiger partial charge is 0.207 e. The molecule has 1 aromatic carbocycles. The fourth-order valence-corrected chi connectivity index (χ4v) is 1.36. The Bertz CT molecular complexity index is 279. The van der Waals surface area contributed by atoms with Gasteiger partial charge in [0, 0.05) is 2.91 Å². The van der Waals surface area contributed by atoms with E-state index in [1.54, 1.807) is 23.9 Å². The maximum atomic E-state index is 12.5. The van der Waals surface area contributed by atoms with E-state index in [4.69, 9.17) is 0 Å². The van der Waals surface area contributed by atoms with E-state index >= 15 is 0 Å². The fraction of sp³-hybridized carbons (Fsp3) is 0.111. The highest BCUT2D eigenvalue weighted by Gasteiger charge is 1.91. The normalized spacial score (nSPS) is 11.8. The first-order chi connectivity index (χ1) is 5.72. The van der Waals surface area contributed by atoms with E-state index in [0.29, 0.717) is 0 Å². The Morgan fingerprint density at radius 2 is 2.00 bits per heavy atom. The van der Waals surface area contributed by atoms with Crippen LogP contribution in [0.4, 0.5) is 4.39 Å². The van der Waals surface area contributed by atoms with E-state index in [9.17, 15) is 4.39 Å². The van der Waals surface area contributed by atoms with Crippen LogP contribution in [0.5, 0.6) is 0 Å². The van der Waals surface area contributed by atoms with Gasteiger partial charge in [0.1, 0.15) is 5.82 Å². The molecular formula is C9H8FIS. The highest BCUT2D eigenvalue weighted by atomic mass is 127. The highest BCUT2D eigenvalue weighted by Crippen LogP contribution is 2.22. The second kappa shape index (κ2) is 4.87. The van der Waals surface area contributed by atoms with E-state index in [0.717, 1.165) is 5.56 Å². The molecule has 0 aliphatic rings. The third kappa shape index (κ3) is 3.15. The summed E-state index contributed by atoms with van der Waals surface area (Å²) in [5, 5.41) is 0. The van der Waals surface area contributed by atoms with E-state index < -0.39 is 0 Å². The lowest BCUT2D eigenvalue weighted by Crippen LogP contribution is -1.74. The minimum absolute atomic E-state index is 0.189. The van der Waals surface area contributed by atoms with Crippen molar-refractivity contribution in [2.24, 2.45) is 0 Å². The molecule has 0 unspecified atom stereocenters. The molecule has 0 bridgehead atoms. The summed E-state index contributed by atoms with van der Waals surface area (Å²) in [6.45, 7) is 0. The zero-order valence-electron chi connectivity index (χ0n) is 6.55. The van der Waals surface area contributed by atoms with Gasteiger partial charge in [0.25, 0.3) is 0 Å². The minimum Gasteiger partial charge on any atom is -0.207 e. The third-order valence-corrected chi connectivity index (χ3v) is 3.49. The van der Waals surface area contributed by atoms with Crippen LogP contribution in [0.3, 0.4) is 0 Å². The van der Waals surface area contributed by atoms with E-state index in [2.05, 4.69) is 22.6 Å². The van der Waals surface area contributed by atoms with Crippen LogP contribution in [0.25, 0.3) is 6.08 Å². The van der Waals surface area contributed by atoms with Crippen LogP contribution >= 0.6 is 34.4 Å². The van der Waals surface area contributed by atoms with Gasteiger partial charge in [-0.25, -0.2) is 4.39 Å². The lowest BCUT2D eigenvalue weighted by molar-refractivity contribution is 0.628. The Kier molecular flexibility index (Phi) is 4.08. The molecule has 0 aliphatic heterocycles. The van der Waals surface area contributed by atoms with Crippen LogP contribution < -0.4 is 0 Å². The zero-order chi connectivity index (χ0) is 8.97. The first-order valence-electron chi connectivity index (χ1n) is 3.39. The van der Waals surface area contributed by atoms with Crippen molar-refractivity contribution < 1.29 is 4.39 Å². The summed E-state index contributed by atoms with van der Waals surface area (Å²) < 4.78 is 13.7. The molecule has 0 radical (unpaired) electrons. The maximum absolute atomic E-state index is 12.5. The average Bonchev–Trinajstić information content (AvgIpc) is 2.09. The molecule has 0 saturated heterocycles. The Hall–Kier alpha value is -0.0300. The second-order valence-electron chi connectivity index (χ2n) is 2.20. The monoisotopic (exact) mass is 294 g/mol. The number of halogens is 2. The predicted octanol–water partition coefficient (Wildman–Crippen LogP) is 3.92. The van der Waals surface area contributed by atoms with Crippen LogP contribution in [0.2, 0.25) is 0 Å². The molecular weight excluding hydrogens is 286 g/mol. The summed E-state index contributed by atoms with van der Waals surface area (Å²) in [5.74, 6) is -0.189. The SMILES string of the molecule is CS/C(I)=C/c1ccc(F)cc1. The summed E-state index contributed by atoms with van der Waals surface area (Å²) in [6.07, 6.45) is 4.03. The van der Waals surface area contributed by atoms with Crippen molar-refractivity contribution in [3.05, 3.63) is 38.6 Å². The molecule has 0 spiro atoms. The van der Waals surface area contributed by atoms with Gasteiger partial charge in [-0.05, 0) is 52.6 Å². The van der Waals surface area contributed by atoms with Crippen molar-refractivity contribution in [1.29, 1.82) is 0 Å². The molecule has 0 nitrogen and oxygen atoms in total. The topological polar surface area (TPSA) is 0 Å². The molecule has 0 fully saturated rings. The highest BCUT2D eigenvalue weighted by molar-refractivity contribution is 14.1. The summed E-state index contributed by atoms with van der Waals surface area (Å²) >= 11 is 3.93. The maximum Gasteiger partial charge on any atom is 0.123 e. The molecule has 0 amide bonds. The number of benzene rings is 1. The molecule has 12 heavy (non-hydrogen) atoms. The average molecular weight is 294 g/mol. The molecule has 0 aliphatic carbocycles. The van der Waals surface area contributed by atoms with E-state index in [1.807, 2.05) is 12.3 Å². The Balaban J connectivity index is 2.84. The molecule has 0 aromatic heterocycles. The van der Waals surface area contributed by atoms with Crippen LogP contribution in [-0.2, 0) is 0 Å². The second-order valence-corrected chi connectivity index (χ2v) is 4.95. The van der Waals surface area contributed by atoms with Crippen molar-refractivity contribution in [2.45, 2.75) is 0 Å². The molecule has 0 atom stereocenters. The molecule has 0 N–H and O–H groups in total. The standard InChI is InChI=1S/C9H8FIS/c1-12-9(11)6-7-2-4-8(10)5-3-7/h2-6H,1H3/b9-6+. The molecule has 1 aromatic rings. The summed E-state index contributed by atoms with van der Waals surface area (Å²) in [7, 11) is 0. The van der Waals surface area contributed by atoms with Crippen LogP contribution in [0, 0.1) is 5.82 Å². The van der Waals surface area contributed by atoms with Gasteiger partial charge < -0.3 is 0 Å².